The monoisotopic (exact) mass is 606 g/mol. The van der Waals surface area contributed by atoms with E-state index in [1.54, 1.807) is 16.9 Å². The normalized spacial score (nSPS) is 15.4. The van der Waals surface area contributed by atoms with Crippen LogP contribution in [0.15, 0.2) is 113 Å². The van der Waals surface area contributed by atoms with Gasteiger partial charge >= 0.3 is 5.63 Å². The molecule has 7 aromatic rings. The summed E-state index contributed by atoms with van der Waals surface area (Å²) in [5, 5.41) is 5.51. The molecule has 3 aromatic heterocycles. The van der Waals surface area contributed by atoms with Crippen molar-refractivity contribution in [3.63, 3.8) is 0 Å². The zero-order valence-corrected chi connectivity index (χ0v) is 24.7. The van der Waals surface area contributed by atoms with E-state index in [0.717, 1.165) is 28.0 Å². The number of benzene rings is 4. The van der Waals surface area contributed by atoms with E-state index in [-0.39, 0.29) is 12.7 Å². The van der Waals surface area contributed by atoms with Crippen molar-refractivity contribution < 1.29 is 18.6 Å². The molecule has 0 radical (unpaired) electrons. The average Bonchev–Trinajstić information content (AvgIpc) is 3.75. The number of nitrogens with zero attached hydrogens (tertiary/aromatic N) is 4. The van der Waals surface area contributed by atoms with E-state index < -0.39 is 11.5 Å². The van der Waals surface area contributed by atoms with Gasteiger partial charge in [-0.15, -0.1) is 5.10 Å². The molecule has 4 aromatic carbocycles. The molecule has 9 rings (SSSR count). The lowest BCUT2D eigenvalue weighted by atomic mass is 9.78. The third-order valence-corrected chi connectivity index (χ3v) is 8.82. The smallest absolute Gasteiger partial charge is 0.343 e. The van der Waals surface area contributed by atoms with Crippen molar-refractivity contribution >= 4 is 16.6 Å². The molecule has 0 spiro atoms. The minimum atomic E-state index is -0.446. The van der Waals surface area contributed by atoms with Gasteiger partial charge in [0.2, 0.25) is 12.7 Å². The van der Waals surface area contributed by atoms with Gasteiger partial charge in [-0.2, -0.15) is 0 Å². The minimum Gasteiger partial charge on any atom is -0.454 e. The van der Waals surface area contributed by atoms with Crippen LogP contribution in [0.3, 0.4) is 0 Å². The van der Waals surface area contributed by atoms with Gasteiger partial charge in [-0.1, -0.05) is 79.7 Å². The highest BCUT2D eigenvalue weighted by molar-refractivity contribution is 5.86. The van der Waals surface area contributed by atoms with Crippen LogP contribution in [-0.4, -0.2) is 26.4 Å². The Hall–Kier alpha value is -5.96. The summed E-state index contributed by atoms with van der Waals surface area (Å²) in [5.41, 5.74) is 5.90. The lowest BCUT2D eigenvalue weighted by Crippen LogP contribution is -2.26. The second-order valence-electron chi connectivity index (χ2n) is 11.7. The van der Waals surface area contributed by atoms with Crippen LogP contribution >= 0.6 is 0 Å². The molecule has 0 fully saturated rings. The van der Waals surface area contributed by atoms with Crippen LogP contribution < -0.4 is 19.8 Å². The van der Waals surface area contributed by atoms with Crippen LogP contribution in [-0.2, 0) is 6.42 Å². The van der Waals surface area contributed by atoms with Crippen molar-refractivity contribution in [3.05, 3.63) is 130 Å². The summed E-state index contributed by atoms with van der Waals surface area (Å²) in [5.74, 6) is 2.32. The van der Waals surface area contributed by atoms with Gasteiger partial charge in [0.25, 0.3) is 0 Å². The molecule has 2 unspecified atom stereocenters. The Bertz CT molecular complexity index is 2350. The Morgan fingerprint density at radius 3 is 2.48 bits per heavy atom. The molecule has 0 saturated heterocycles. The summed E-state index contributed by atoms with van der Waals surface area (Å²) in [4.78, 5) is 23.5. The van der Waals surface area contributed by atoms with Gasteiger partial charge < -0.3 is 18.6 Å². The van der Waals surface area contributed by atoms with Gasteiger partial charge in [0.05, 0.1) is 16.5 Å². The first-order chi connectivity index (χ1) is 22.6. The first-order valence-electron chi connectivity index (χ1n) is 15.1. The van der Waals surface area contributed by atoms with E-state index in [2.05, 4.69) is 31.2 Å². The van der Waals surface area contributed by atoms with E-state index in [1.165, 1.54) is 0 Å². The number of hydrogen-bond acceptors (Lipinski definition) is 8. The van der Waals surface area contributed by atoms with Crippen LogP contribution in [0.2, 0.25) is 0 Å². The van der Waals surface area contributed by atoms with E-state index in [1.807, 2.05) is 66.7 Å². The lowest BCUT2D eigenvalue weighted by Gasteiger charge is -2.31. The maximum Gasteiger partial charge on any atom is 0.343 e. The summed E-state index contributed by atoms with van der Waals surface area (Å²) >= 11 is 0. The Labute approximate surface area is 262 Å². The molecule has 5 heterocycles. The topological polar surface area (TPSA) is 101 Å². The van der Waals surface area contributed by atoms with Crippen LogP contribution in [0.25, 0.3) is 39.1 Å². The van der Waals surface area contributed by atoms with Gasteiger partial charge in [-0.25, -0.2) is 19.3 Å². The zero-order valence-electron chi connectivity index (χ0n) is 24.7. The zero-order chi connectivity index (χ0) is 30.8. The molecule has 2 atom stereocenters. The summed E-state index contributed by atoms with van der Waals surface area (Å²) in [6, 6.07) is 31.7. The maximum absolute atomic E-state index is 13.8. The average molecular weight is 607 g/mol. The lowest BCUT2D eigenvalue weighted by molar-refractivity contribution is 0.174. The van der Waals surface area contributed by atoms with Gasteiger partial charge in [0.1, 0.15) is 11.9 Å². The summed E-state index contributed by atoms with van der Waals surface area (Å²) in [6.07, 6.45) is 2.25. The minimum absolute atomic E-state index is 0.0934. The van der Waals surface area contributed by atoms with Crippen LogP contribution in [0.4, 0.5) is 0 Å². The maximum atomic E-state index is 13.8. The van der Waals surface area contributed by atoms with Crippen LogP contribution in [0.1, 0.15) is 29.5 Å². The number of para-hydroxylation sites is 1. The third-order valence-electron chi connectivity index (χ3n) is 8.82. The second-order valence-corrected chi connectivity index (χ2v) is 11.7. The number of ether oxygens (including phenoxy) is 3. The number of hydrogen-bond donors (Lipinski definition) is 0. The standard InChI is InChI=1S/C37H26N4O5/c1-21(17-22-11-16-28-29(18-22)44-20-43-28)30-31-33(26-9-5-6-10-27(26)45-37(31)42)46-36-32(30)35-39-34(40-41(35)19-38-36)25-14-12-24(13-15-25)23-7-3-2-4-8-23/h2-16,18-19,21,30H,17,20H2,1H3. The molecule has 46 heavy (non-hydrogen) atoms. The molecule has 2 aliphatic heterocycles. The fourth-order valence-corrected chi connectivity index (χ4v) is 6.66. The fourth-order valence-electron chi connectivity index (χ4n) is 6.66. The molecular weight excluding hydrogens is 580 g/mol. The van der Waals surface area contributed by atoms with Crippen molar-refractivity contribution in [2.75, 3.05) is 6.79 Å². The Morgan fingerprint density at radius 1 is 0.848 bits per heavy atom. The highest BCUT2D eigenvalue weighted by Gasteiger charge is 2.39. The van der Waals surface area contributed by atoms with E-state index in [9.17, 15) is 4.79 Å². The largest absolute Gasteiger partial charge is 0.454 e. The molecule has 0 N–H and O–H groups in total. The third kappa shape index (κ3) is 4.23. The predicted octanol–water partition coefficient (Wildman–Crippen LogP) is 7.41. The summed E-state index contributed by atoms with van der Waals surface area (Å²) < 4.78 is 25.2. The molecule has 0 saturated carbocycles. The first-order valence-corrected chi connectivity index (χ1v) is 15.1. The fraction of sp³-hybridized carbons (Fsp3) is 0.135. The molecule has 0 aliphatic carbocycles. The van der Waals surface area contributed by atoms with Gasteiger partial charge in [0.15, 0.2) is 28.7 Å². The Kier molecular flexibility index (Phi) is 5.92. The second kappa shape index (κ2) is 10.3. The van der Waals surface area contributed by atoms with Crippen molar-refractivity contribution in [3.8, 4) is 45.6 Å². The molecule has 2 aliphatic rings. The highest BCUT2D eigenvalue weighted by atomic mass is 16.7. The molecule has 0 bridgehead atoms. The van der Waals surface area contributed by atoms with E-state index in [4.69, 9.17) is 33.7 Å². The van der Waals surface area contributed by atoms with Gasteiger partial charge in [-0.3, -0.25) is 0 Å². The van der Waals surface area contributed by atoms with Gasteiger partial charge in [0, 0.05) is 11.5 Å². The van der Waals surface area contributed by atoms with E-state index in [0.29, 0.717) is 57.4 Å². The van der Waals surface area contributed by atoms with Crippen molar-refractivity contribution in [1.82, 2.24) is 19.6 Å². The molecule has 9 nitrogen and oxygen atoms in total. The SMILES string of the molecule is CC(Cc1ccc2c(c1)OCO2)C1c2c(c3ccccc3oc2=O)Oc2ncn3nc(-c4ccc(-c5ccccc5)cc4)nc3c21. The van der Waals surface area contributed by atoms with Crippen molar-refractivity contribution in [1.29, 1.82) is 0 Å². The number of aromatic nitrogens is 4. The van der Waals surface area contributed by atoms with Crippen LogP contribution in [0.5, 0.6) is 23.1 Å². The van der Waals surface area contributed by atoms with Gasteiger partial charge in [-0.05, 0) is 53.3 Å². The Balaban J connectivity index is 1.18. The van der Waals surface area contributed by atoms with Crippen molar-refractivity contribution in [2.45, 2.75) is 19.3 Å². The predicted molar refractivity (Wildman–Crippen MR) is 171 cm³/mol. The molecule has 0 amide bonds. The Morgan fingerprint density at radius 2 is 1.61 bits per heavy atom. The molecular formula is C37H26N4O5. The number of fused-ring (bicyclic) bond motifs is 7. The summed E-state index contributed by atoms with van der Waals surface area (Å²) in [7, 11) is 0. The van der Waals surface area contributed by atoms with E-state index >= 15 is 0 Å². The van der Waals surface area contributed by atoms with Crippen LogP contribution in [0, 0.1) is 5.92 Å². The first kappa shape index (κ1) is 26.4. The molecule has 9 heteroatoms. The molecule has 224 valence electrons. The number of rotatable bonds is 5. The highest BCUT2D eigenvalue weighted by Crippen LogP contribution is 2.50. The van der Waals surface area contributed by atoms with Crippen molar-refractivity contribution in [2.24, 2.45) is 5.92 Å². The quantitative estimate of drug-likeness (QED) is 0.187. The summed E-state index contributed by atoms with van der Waals surface area (Å²) in [6.45, 7) is 2.32.